The van der Waals surface area contributed by atoms with Crippen LogP contribution in [0.5, 0.6) is 5.75 Å². The summed E-state index contributed by atoms with van der Waals surface area (Å²) in [6, 6.07) is 5.48. The molecule has 0 radical (unpaired) electrons. The van der Waals surface area contributed by atoms with E-state index in [-0.39, 0.29) is 5.75 Å². The van der Waals surface area contributed by atoms with Gasteiger partial charge in [0.1, 0.15) is 5.75 Å². The van der Waals surface area contributed by atoms with Crippen LogP contribution in [0, 0.1) is 6.92 Å². The third-order valence-electron chi connectivity index (χ3n) is 2.52. The van der Waals surface area contributed by atoms with Crippen molar-refractivity contribution < 1.29 is 9.63 Å². The van der Waals surface area contributed by atoms with Gasteiger partial charge in [0, 0.05) is 0 Å². The van der Waals surface area contributed by atoms with E-state index in [4.69, 9.17) is 4.52 Å². The lowest BCUT2D eigenvalue weighted by molar-refractivity contribution is 0.419. The van der Waals surface area contributed by atoms with Crippen molar-refractivity contribution >= 4 is 11.8 Å². The number of para-hydroxylation sites is 1. The molecule has 1 N–H and O–H groups in total. The smallest absolute Gasteiger partial charge is 0.261 e. The quantitative estimate of drug-likeness (QED) is 0.839. The highest BCUT2D eigenvalue weighted by atomic mass is 32.2. The summed E-state index contributed by atoms with van der Waals surface area (Å²) < 4.78 is 5.18. The number of thioether (sulfide) groups is 1. The van der Waals surface area contributed by atoms with Gasteiger partial charge < -0.3 is 9.63 Å². The van der Waals surface area contributed by atoms with Crippen molar-refractivity contribution in [2.75, 3.05) is 5.75 Å². The molecule has 0 unspecified atom stereocenters. The van der Waals surface area contributed by atoms with E-state index in [1.807, 2.05) is 19.1 Å². The van der Waals surface area contributed by atoms with Crippen LogP contribution in [0.2, 0.25) is 0 Å². The van der Waals surface area contributed by atoms with E-state index in [9.17, 15) is 5.11 Å². The van der Waals surface area contributed by atoms with Gasteiger partial charge in [-0.25, -0.2) is 0 Å². The van der Waals surface area contributed by atoms with Crippen molar-refractivity contribution in [2.45, 2.75) is 26.0 Å². The van der Waals surface area contributed by atoms with Crippen LogP contribution in [0.25, 0.3) is 11.5 Å². The molecule has 0 aliphatic rings. The average Bonchev–Trinajstić information content (AvgIpc) is 2.82. The molecule has 2 aromatic rings. The minimum absolute atomic E-state index is 0.203. The van der Waals surface area contributed by atoms with Gasteiger partial charge in [-0.2, -0.15) is 16.7 Å². The maximum Gasteiger partial charge on any atom is 0.261 e. The average molecular weight is 264 g/mol. The number of hydrogen-bond donors (Lipinski definition) is 1. The molecule has 0 fully saturated rings. The Kier molecular flexibility index (Phi) is 4.25. The minimum Gasteiger partial charge on any atom is -0.507 e. The summed E-state index contributed by atoms with van der Waals surface area (Å²) in [5, 5.41) is 13.9. The lowest BCUT2D eigenvalue weighted by Gasteiger charge is -2.01. The molecule has 4 nitrogen and oxygen atoms in total. The first-order valence-electron chi connectivity index (χ1n) is 5.91. The number of benzene rings is 1. The van der Waals surface area contributed by atoms with Crippen LogP contribution in [0.3, 0.4) is 0 Å². The number of phenolic OH excluding ortho intramolecular Hbond substituents is 1. The van der Waals surface area contributed by atoms with E-state index in [1.54, 1.807) is 17.8 Å². The third-order valence-corrected chi connectivity index (χ3v) is 3.68. The number of nitrogens with zero attached hydrogens (tertiary/aromatic N) is 2. The van der Waals surface area contributed by atoms with Crippen LogP contribution < -0.4 is 0 Å². The molecule has 96 valence electrons. The Morgan fingerprint density at radius 2 is 2.22 bits per heavy atom. The highest BCUT2D eigenvalue weighted by Crippen LogP contribution is 2.30. The van der Waals surface area contributed by atoms with Gasteiger partial charge in [-0.15, -0.1) is 0 Å². The Morgan fingerprint density at radius 3 is 3.00 bits per heavy atom. The van der Waals surface area contributed by atoms with Gasteiger partial charge in [-0.1, -0.05) is 24.2 Å². The zero-order valence-electron chi connectivity index (χ0n) is 10.5. The summed E-state index contributed by atoms with van der Waals surface area (Å²) in [6.07, 6.45) is 1.13. The second-order valence-electron chi connectivity index (χ2n) is 4.04. The van der Waals surface area contributed by atoms with E-state index in [0.29, 0.717) is 17.3 Å². The highest BCUT2D eigenvalue weighted by molar-refractivity contribution is 7.98. The van der Waals surface area contributed by atoms with Gasteiger partial charge in [0.05, 0.1) is 11.3 Å². The zero-order chi connectivity index (χ0) is 13.0. The molecular weight excluding hydrogens is 248 g/mol. The van der Waals surface area contributed by atoms with Crippen LogP contribution >= 0.6 is 11.8 Å². The summed E-state index contributed by atoms with van der Waals surface area (Å²) in [7, 11) is 0. The lowest BCUT2D eigenvalue weighted by Crippen LogP contribution is -1.86. The van der Waals surface area contributed by atoms with Crippen molar-refractivity contribution in [3.05, 3.63) is 29.6 Å². The van der Waals surface area contributed by atoms with E-state index in [2.05, 4.69) is 17.1 Å². The molecule has 0 aliphatic heterocycles. The molecule has 0 atom stereocenters. The van der Waals surface area contributed by atoms with Gasteiger partial charge in [-0.05, 0) is 30.7 Å². The predicted octanol–water partition coefficient (Wildman–Crippen LogP) is 3.39. The van der Waals surface area contributed by atoms with E-state index in [0.717, 1.165) is 23.5 Å². The van der Waals surface area contributed by atoms with Gasteiger partial charge in [0.25, 0.3) is 5.89 Å². The van der Waals surface area contributed by atoms with Crippen molar-refractivity contribution in [3.63, 3.8) is 0 Å². The molecule has 0 bridgehead atoms. The number of aromatic nitrogens is 2. The molecular formula is C13H16N2O2S. The van der Waals surface area contributed by atoms with Crippen molar-refractivity contribution in [2.24, 2.45) is 0 Å². The Hall–Kier alpha value is -1.49. The van der Waals surface area contributed by atoms with Gasteiger partial charge in [-0.3, -0.25) is 0 Å². The number of aromatic hydroxyl groups is 1. The third kappa shape index (κ3) is 2.85. The van der Waals surface area contributed by atoms with Crippen LogP contribution in [0.15, 0.2) is 22.7 Å². The Morgan fingerprint density at radius 1 is 1.39 bits per heavy atom. The second-order valence-corrected chi connectivity index (χ2v) is 5.14. The second kappa shape index (κ2) is 5.91. The van der Waals surface area contributed by atoms with Crippen LogP contribution in [-0.4, -0.2) is 21.0 Å². The van der Waals surface area contributed by atoms with Gasteiger partial charge in [0.15, 0.2) is 5.82 Å². The Bertz CT molecular complexity index is 525. The molecule has 1 heterocycles. The Labute approximate surface area is 110 Å². The maximum atomic E-state index is 9.94. The first kappa shape index (κ1) is 13.0. The topological polar surface area (TPSA) is 59.2 Å². The van der Waals surface area contributed by atoms with Gasteiger partial charge >= 0.3 is 0 Å². The molecule has 0 aliphatic carbocycles. The first-order chi connectivity index (χ1) is 8.72. The highest BCUT2D eigenvalue weighted by Gasteiger charge is 2.13. The number of aryl methyl sites for hydroxylation is 1. The standard InChI is InChI=1S/C13H16N2O2S/c1-3-7-18-8-11-14-13(17-15-11)10-6-4-5-9(2)12(10)16/h4-6,16H,3,7-8H2,1-2H3. The van der Waals surface area contributed by atoms with Crippen molar-refractivity contribution in [3.8, 4) is 17.2 Å². The Balaban J connectivity index is 2.16. The number of hydrogen-bond acceptors (Lipinski definition) is 5. The number of rotatable bonds is 5. The molecule has 18 heavy (non-hydrogen) atoms. The molecule has 1 aromatic heterocycles. The van der Waals surface area contributed by atoms with Crippen LogP contribution in [0.1, 0.15) is 24.7 Å². The lowest BCUT2D eigenvalue weighted by atomic mass is 10.1. The zero-order valence-corrected chi connectivity index (χ0v) is 11.3. The summed E-state index contributed by atoms with van der Waals surface area (Å²) >= 11 is 1.77. The molecule has 0 saturated carbocycles. The maximum absolute atomic E-state index is 9.94. The minimum atomic E-state index is 0.203. The number of phenols is 1. The van der Waals surface area contributed by atoms with Crippen molar-refractivity contribution in [1.29, 1.82) is 0 Å². The van der Waals surface area contributed by atoms with E-state index in [1.165, 1.54) is 0 Å². The summed E-state index contributed by atoms with van der Waals surface area (Å²) in [4.78, 5) is 4.30. The molecule has 0 spiro atoms. The summed E-state index contributed by atoms with van der Waals surface area (Å²) in [6.45, 7) is 3.98. The van der Waals surface area contributed by atoms with E-state index < -0.39 is 0 Å². The fourth-order valence-corrected chi connectivity index (χ4v) is 2.29. The van der Waals surface area contributed by atoms with Crippen LogP contribution in [-0.2, 0) is 5.75 Å². The van der Waals surface area contributed by atoms with Crippen LogP contribution in [0.4, 0.5) is 0 Å². The summed E-state index contributed by atoms with van der Waals surface area (Å²) in [5.41, 5.74) is 1.39. The molecule has 5 heteroatoms. The first-order valence-corrected chi connectivity index (χ1v) is 7.07. The van der Waals surface area contributed by atoms with Gasteiger partial charge in [0.2, 0.25) is 0 Å². The SMILES string of the molecule is CCCSCc1noc(-c2cccc(C)c2O)n1. The largest absolute Gasteiger partial charge is 0.507 e. The molecule has 1 aromatic carbocycles. The monoisotopic (exact) mass is 264 g/mol. The van der Waals surface area contributed by atoms with Crippen molar-refractivity contribution in [1.82, 2.24) is 10.1 Å². The fraction of sp³-hybridized carbons (Fsp3) is 0.385. The normalized spacial score (nSPS) is 10.8. The molecule has 0 amide bonds. The molecule has 2 rings (SSSR count). The predicted molar refractivity (Wildman–Crippen MR) is 72.6 cm³/mol. The molecule has 0 saturated heterocycles. The van der Waals surface area contributed by atoms with E-state index >= 15 is 0 Å². The summed E-state index contributed by atoms with van der Waals surface area (Å²) in [5.74, 6) is 3.07. The fourth-order valence-electron chi connectivity index (χ4n) is 1.56.